The van der Waals surface area contributed by atoms with Crippen molar-refractivity contribution in [2.24, 2.45) is 0 Å². The Kier molecular flexibility index (Phi) is 10.3. The number of ether oxygens (including phenoxy) is 1. The second-order valence-electron chi connectivity index (χ2n) is 8.78. The molecule has 2 unspecified atom stereocenters. The van der Waals surface area contributed by atoms with Gasteiger partial charge in [-0.2, -0.15) is 0 Å². The molecule has 0 aromatic heterocycles. The highest BCUT2D eigenvalue weighted by atomic mass is 16.5. The summed E-state index contributed by atoms with van der Waals surface area (Å²) < 4.78 is 5.74. The summed E-state index contributed by atoms with van der Waals surface area (Å²) in [6.07, 6.45) is 0.728. The smallest absolute Gasteiger partial charge is 0.164 e. The van der Waals surface area contributed by atoms with Crippen LogP contribution in [0.1, 0.15) is 46.3 Å². The molecule has 0 radical (unpaired) electrons. The van der Waals surface area contributed by atoms with E-state index in [2.05, 4.69) is 10.2 Å². The minimum atomic E-state index is -0.628. The fraction of sp³-hybridized carbons (Fsp3) is 0.345. The maximum absolute atomic E-state index is 12.6. The fourth-order valence-electron chi connectivity index (χ4n) is 3.91. The van der Waals surface area contributed by atoms with Crippen LogP contribution < -0.4 is 10.1 Å². The monoisotopic (exact) mass is 460 g/mol. The van der Waals surface area contributed by atoms with Gasteiger partial charge < -0.3 is 20.1 Å². The molecule has 0 bridgehead atoms. The van der Waals surface area contributed by atoms with Gasteiger partial charge in [0.05, 0.1) is 12.7 Å². The molecule has 3 aromatic rings. The first kappa shape index (κ1) is 25.6. The summed E-state index contributed by atoms with van der Waals surface area (Å²) in [5, 5.41) is 14.4. The Bertz CT molecular complexity index is 975. The van der Waals surface area contributed by atoms with Crippen molar-refractivity contribution < 1.29 is 14.6 Å². The number of benzene rings is 3. The normalized spacial score (nSPS) is 12.9. The van der Waals surface area contributed by atoms with E-state index >= 15 is 0 Å². The molecular formula is C29H36N2O3. The predicted octanol–water partition coefficient (Wildman–Crippen LogP) is 4.70. The van der Waals surface area contributed by atoms with Crippen LogP contribution in [0.4, 0.5) is 0 Å². The topological polar surface area (TPSA) is 61.8 Å². The SMILES string of the molecule is CN(C)CCCOc1ccc(C(=O)CCNCC(c2ccccc2)C(O)c2ccccc2)cc1. The number of Topliss-reactive ketones (excluding diaryl/α,β-unsaturated/α-hetero) is 1. The Hall–Kier alpha value is -2.99. The third-order valence-corrected chi connectivity index (χ3v) is 5.84. The average Bonchev–Trinajstić information content (AvgIpc) is 2.87. The molecule has 5 nitrogen and oxygen atoms in total. The molecule has 0 heterocycles. The Labute approximate surface area is 203 Å². The van der Waals surface area contributed by atoms with Crippen LogP contribution in [0, 0.1) is 0 Å². The van der Waals surface area contributed by atoms with Gasteiger partial charge in [-0.3, -0.25) is 4.79 Å². The Morgan fingerprint density at radius 2 is 1.53 bits per heavy atom. The van der Waals surface area contributed by atoms with Crippen LogP contribution in [-0.4, -0.2) is 56.1 Å². The lowest BCUT2D eigenvalue weighted by Crippen LogP contribution is -2.27. The van der Waals surface area contributed by atoms with E-state index in [0.717, 1.165) is 29.8 Å². The molecule has 180 valence electrons. The van der Waals surface area contributed by atoms with Gasteiger partial charge in [-0.25, -0.2) is 0 Å². The molecule has 3 rings (SSSR count). The molecule has 34 heavy (non-hydrogen) atoms. The third-order valence-electron chi connectivity index (χ3n) is 5.84. The summed E-state index contributed by atoms with van der Waals surface area (Å²) in [6, 6.07) is 27.1. The molecule has 0 spiro atoms. The van der Waals surface area contributed by atoms with Gasteiger partial charge in [0.1, 0.15) is 5.75 Å². The number of rotatable bonds is 14. The molecule has 2 atom stereocenters. The zero-order valence-electron chi connectivity index (χ0n) is 20.2. The molecular weight excluding hydrogens is 424 g/mol. The molecule has 3 aromatic carbocycles. The lowest BCUT2D eigenvalue weighted by molar-refractivity contribution is 0.0981. The van der Waals surface area contributed by atoms with Gasteiger partial charge in [0, 0.05) is 37.5 Å². The Morgan fingerprint density at radius 3 is 2.15 bits per heavy atom. The van der Waals surface area contributed by atoms with Gasteiger partial charge >= 0.3 is 0 Å². The van der Waals surface area contributed by atoms with E-state index in [1.807, 2.05) is 99.0 Å². The number of nitrogens with zero attached hydrogens (tertiary/aromatic N) is 1. The largest absolute Gasteiger partial charge is 0.494 e. The number of hydrogen-bond donors (Lipinski definition) is 2. The summed E-state index contributed by atoms with van der Waals surface area (Å²) in [7, 11) is 4.09. The Morgan fingerprint density at radius 1 is 0.912 bits per heavy atom. The van der Waals surface area contributed by atoms with Gasteiger partial charge in [-0.15, -0.1) is 0 Å². The Balaban J connectivity index is 1.49. The number of nitrogens with one attached hydrogen (secondary N) is 1. The highest BCUT2D eigenvalue weighted by Crippen LogP contribution is 2.30. The van der Waals surface area contributed by atoms with Crippen LogP contribution in [0.25, 0.3) is 0 Å². The summed E-state index contributed by atoms with van der Waals surface area (Å²) in [5.41, 5.74) is 2.64. The minimum Gasteiger partial charge on any atom is -0.494 e. The summed E-state index contributed by atoms with van der Waals surface area (Å²) in [4.78, 5) is 14.8. The van der Waals surface area contributed by atoms with Gasteiger partial charge in [0.25, 0.3) is 0 Å². The molecule has 0 saturated carbocycles. The molecule has 0 saturated heterocycles. The van der Waals surface area contributed by atoms with Crippen LogP contribution in [0.5, 0.6) is 5.75 Å². The molecule has 0 amide bonds. The first-order chi connectivity index (χ1) is 16.5. The highest BCUT2D eigenvalue weighted by Gasteiger charge is 2.22. The fourth-order valence-corrected chi connectivity index (χ4v) is 3.91. The van der Waals surface area contributed by atoms with Gasteiger partial charge in [-0.1, -0.05) is 60.7 Å². The minimum absolute atomic E-state index is 0.0894. The van der Waals surface area contributed by atoms with Crippen molar-refractivity contribution in [1.29, 1.82) is 0 Å². The van der Waals surface area contributed by atoms with E-state index in [1.54, 1.807) is 0 Å². The first-order valence-electron chi connectivity index (χ1n) is 11.9. The third kappa shape index (κ3) is 8.10. The van der Waals surface area contributed by atoms with Crippen molar-refractivity contribution in [2.45, 2.75) is 24.9 Å². The van der Waals surface area contributed by atoms with Gasteiger partial charge in [0.2, 0.25) is 0 Å². The average molecular weight is 461 g/mol. The number of aliphatic hydroxyl groups excluding tert-OH is 1. The van der Waals surface area contributed by atoms with Crippen LogP contribution in [0.15, 0.2) is 84.9 Å². The van der Waals surface area contributed by atoms with Crippen molar-refractivity contribution in [3.05, 3.63) is 102 Å². The van der Waals surface area contributed by atoms with E-state index in [1.165, 1.54) is 0 Å². The van der Waals surface area contributed by atoms with E-state index < -0.39 is 6.10 Å². The first-order valence-corrected chi connectivity index (χ1v) is 11.9. The zero-order chi connectivity index (χ0) is 24.2. The highest BCUT2D eigenvalue weighted by molar-refractivity contribution is 5.96. The van der Waals surface area contributed by atoms with Gasteiger partial charge in [-0.05, 0) is 55.9 Å². The zero-order valence-corrected chi connectivity index (χ0v) is 20.2. The summed E-state index contributed by atoms with van der Waals surface area (Å²) >= 11 is 0. The summed E-state index contributed by atoms with van der Waals surface area (Å²) in [5.74, 6) is 0.767. The second-order valence-corrected chi connectivity index (χ2v) is 8.78. The molecule has 5 heteroatoms. The lowest BCUT2D eigenvalue weighted by Gasteiger charge is -2.24. The van der Waals surface area contributed by atoms with Crippen LogP contribution in [-0.2, 0) is 0 Å². The standard InChI is InChI=1S/C29H36N2O3/c1-31(2)20-9-21-34-26-16-14-24(15-17-26)28(32)18-19-30-22-27(23-10-5-3-6-11-23)29(33)25-12-7-4-8-13-25/h3-8,10-17,27,29-30,33H,9,18-22H2,1-2H3. The number of hydrogen-bond acceptors (Lipinski definition) is 5. The van der Waals surface area contributed by atoms with E-state index in [-0.39, 0.29) is 11.7 Å². The van der Waals surface area contributed by atoms with E-state index in [4.69, 9.17) is 4.74 Å². The van der Waals surface area contributed by atoms with Crippen molar-refractivity contribution in [3.63, 3.8) is 0 Å². The number of carbonyl (C=O) groups is 1. The maximum Gasteiger partial charge on any atom is 0.164 e. The molecule has 0 aliphatic rings. The molecule has 2 N–H and O–H groups in total. The van der Waals surface area contributed by atoms with Crippen molar-refractivity contribution in [2.75, 3.05) is 40.3 Å². The molecule has 0 aliphatic carbocycles. The van der Waals surface area contributed by atoms with Crippen molar-refractivity contribution in [1.82, 2.24) is 10.2 Å². The van der Waals surface area contributed by atoms with Crippen molar-refractivity contribution in [3.8, 4) is 5.75 Å². The van der Waals surface area contributed by atoms with E-state index in [9.17, 15) is 9.90 Å². The van der Waals surface area contributed by atoms with E-state index in [0.29, 0.717) is 31.7 Å². The summed E-state index contributed by atoms with van der Waals surface area (Å²) in [6.45, 7) is 2.77. The van der Waals surface area contributed by atoms with Crippen molar-refractivity contribution >= 4 is 5.78 Å². The lowest BCUT2D eigenvalue weighted by atomic mass is 9.89. The molecule has 0 aliphatic heterocycles. The number of carbonyl (C=O) groups excluding carboxylic acids is 1. The molecule has 0 fully saturated rings. The number of ketones is 1. The number of aliphatic hydroxyl groups is 1. The quantitative estimate of drug-likeness (QED) is 0.270. The van der Waals surface area contributed by atoms with Crippen LogP contribution >= 0.6 is 0 Å². The maximum atomic E-state index is 12.6. The van der Waals surface area contributed by atoms with Crippen LogP contribution in [0.2, 0.25) is 0 Å². The predicted molar refractivity (Wildman–Crippen MR) is 138 cm³/mol. The van der Waals surface area contributed by atoms with Crippen LogP contribution in [0.3, 0.4) is 0 Å². The van der Waals surface area contributed by atoms with Gasteiger partial charge in [0.15, 0.2) is 5.78 Å². The second kappa shape index (κ2) is 13.7.